The van der Waals surface area contributed by atoms with E-state index < -0.39 is 6.03 Å². The lowest BCUT2D eigenvalue weighted by Gasteiger charge is -2.14. The first-order valence-electron chi connectivity index (χ1n) is 14.4. The van der Waals surface area contributed by atoms with Crippen molar-refractivity contribution in [3.05, 3.63) is 95.9 Å². The number of thiazole rings is 1. The minimum Gasteiger partial charge on any atom is -0.457 e. The number of rotatable bonds is 8. The number of fused-ring (bicyclic) bond motifs is 3. The number of aliphatic hydroxyl groups is 1. The third kappa shape index (κ3) is 6.52. The highest BCUT2D eigenvalue weighted by Gasteiger charge is 2.22. The summed E-state index contributed by atoms with van der Waals surface area (Å²) in [7, 11) is 0. The summed E-state index contributed by atoms with van der Waals surface area (Å²) < 4.78 is 10.7. The lowest BCUT2D eigenvalue weighted by molar-refractivity contribution is 0.0940. The van der Waals surface area contributed by atoms with Gasteiger partial charge < -0.3 is 20.5 Å². The Labute approximate surface area is 263 Å². The topological polar surface area (TPSA) is 135 Å². The second-order valence-electron chi connectivity index (χ2n) is 11.6. The number of hydrogen-bond acceptors (Lipinski definition) is 7. The van der Waals surface area contributed by atoms with Crippen LogP contribution in [-0.4, -0.2) is 49.4 Å². The van der Waals surface area contributed by atoms with Gasteiger partial charge in [0, 0.05) is 36.0 Å². The first-order chi connectivity index (χ1) is 21.6. The molecule has 230 valence electrons. The maximum atomic E-state index is 13.0. The van der Waals surface area contributed by atoms with E-state index in [9.17, 15) is 9.59 Å². The highest BCUT2D eigenvalue weighted by molar-refractivity contribution is 7.23. The van der Waals surface area contributed by atoms with E-state index in [1.165, 1.54) is 11.3 Å². The van der Waals surface area contributed by atoms with Gasteiger partial charge in [-0.2, -0.15) is 5.10 Å². The molecule has 6 rings (SSSR count). The summed E-state index contributed by atoms with van der Waals surface area (Å²) in [4.78, 5) is 30.4. The molecule has 0 fully saturated rings. The predicted octanol–water partition coefficient (Wildman–Crippen LogP) is 6.50. The minimum absolute atomic E-state index is 0.138. The number of nitrogens with zero attached hydrogens (tertiary/aromatic N) is 4. The maximum Gasteiger partial charge on any atom is 0.324 e. The fourth-order valence-electron chi connectivity index (χ4n) is 4.65. The second kappa shape index (κ2) is 12.1. The Morgan fingerprint density at radius 3 is 2.40 bits per heavy atom. The average molecular weight is 624 g/mol. The monoisotopic (exact) mass is 623 g/mol. The first-order valence-corrected chi connectivity index (χ1v) is 15.2. The largest absolute Gasteiger partial charge is 0.457 e. The van der Waals surface area contributed by atoms with Crippen LogP contribution in [0.5, 0.6) is 11.5 Å². The number of urea groups is 1. The van der Waals surface area contributed by atoms with E-state index in [2.05, 4.69) is 41.7 Å². The summed E-state index contributed by atoms with van der Waals surface area (Å²) in [5.74, 6) is 1.43. The molecule has 0 aliphatic heterocycles. The van der Waals surface area contributed by atoms with Crippen LogP contribution < -0.4 is 20.7 Å². The van der Waals surface area contributed by atoms with Gasteiger partial charge in [0.2, 0.25) is 0 Å². The Morgan fingerprint density at radius 2 is 1.69 bits per heavy atom. The molecule has 12 heteroatoms. The number of aryl methyl sites for hydroxylation is 1. The van der Waals surface area contributed by atoms with Gasteiger partial charge in [0.1, 0.15) is 23.0 Å². The number of aromatic nitrogens is 4. The number of carbonyl (C=O) groups excluding carboxylic acids is 2. The van der Waals surface area contributed by atoms with Gasteiger partial charge in [0.05, 0.1) is 28.2 Å². The zero-order chi connectivity index (χ0) is 31.7. The summed E-state index contributed by atoms with van der Waals surface area (Å²) in [6, 6.07) is 22.3. The van der Waals surface area contributed by atoms with Crippen molar-refractivity contribution < 1.29 is 19.4 Å². The van der Waals surface area contributed by atoms with Crippen LogP contribution in [0.1, 0.15) is 42.5 Å². The third-order valence-corrected chi connectivity index (χ3v) is 8.08. The van der Waals surface area contributed by atoms with Crippen LogP contribution in [0.3, 0.4) is 0 Å². The molecule has 45 heavy (non-hydrogen) atoms. The van der Waals surface area contributed by atoms with Crippen LogP contribution in [0.25, 0.3) is 20.9 Å². The Hall–Kier alpha value is -5.20. The lowest BCUT2D eigenvalue weighted by atomic mass is 9.92. The first kappa shape index (κ1) is 29.9. The summed E-state index contributed by atoms with van der Waals surface area (Å²) in [6.45, 7) is 8.30. The molecule has 3 heterocycles. The third-order valence-electron chi connectivity index (χ3n) is 7.04. The number of anilines is 2. The molecule has 3 aromatic carbocycles. The van der Waals surface area contributed by atoms with E-state index in [1.807, 2.05) is 59.9 Å². The van der Waals surface area contributed by atoms with Gasteiger partial charge in [-0.25, -0.2) is 14.5 Å². The van der Waals surface area contributed by atoms with E-state index in [1.54, 1.807) is 35.1 Å². The zero-order valence-electron chi connectivity index (χ0n) is 25.3. The molecule has 3 amide bonds. The molecule has 3 aromatic heterocycles. The van der Waals surface area contributed by atoms with Crippen LogP contribution in [0.4, 0.5) is 16.3 Å². The van der Waals surface area contributed by atoms with Crippen LogP contribution in [0.2, 0.25) is 0 Å². The molecule has 0 atom stereocenters. The molecule has 0 aliphatic carbocycles. The van der Waals surface area contributed by atoms with Gasteiger partial charge in [-0.15, -0.1) is 0 Å². The number of ether oxygens (including phenoxy) is 1. The van der Waals surface area contributed by atoms with E-state index >= 15 is 0 Å². The molecule has 0 spiro atoms. The number of amides is 3. The fraction of sp³-hybridized carbons (Fsp3) is 0.212. The number of carbonyl (C=O) groups is 2. The SMILES string of the molecule is Cc1ccc(-n2nc(C(C)(C)C)cc2NC(=O)Nc2ccc(Oc3ccc4sc5nc(C(=O)NCCO)cn5c4c3)cc2)cc1. The Bertz CT molecular complexity index is 2000. The standard InChI is InChI=1S/C33H33N7O4S/c1-20-5-9-22(10-6-20)40-29(18-28(38-40)33(2,3)4)37-31(43)35-21-7-11-23(12-8-21)44-24-13-14-27-26(17-24)39-19-25(36-32(39)45-27)30(42)34-15-16-41/h5-14,17-19,41H,15-16H2,1-4H3,(H,34,42)(H2,35,37,43). The highest BCUT2D eigenvalue weighted by Crippen LogP contribution is 2.32. The molecule has 4 N–H and O–H groups in total. The van der Waals surface area contributed by atoms with E-state index in [0.29, 0.717) is 28.0 Å². The Balaban J connectivity index is 1.14. The molecule has 0 radical (unpaired) electrons. The van der Waals surface area contributed by atoms with Gasteiger partial charge in [0.15, 0.2) is 4.96 Å². The molecule has 0 bridgehead atoms. The number of nitrogens with one attached hydrogen (secondary N) is 3. The molecule has 0 saturated heterocycles. The molecule has 0 saturated carbocycles. The predicted molar refractivity (Wildman–Crippen MR) is 176 cm³/mol. The van der Waals surface area contributed by atoms with Crippen LogP contribution in [-0.2, 0) is 5.41 Å². The highest BCUT2D eigenvalue weighted by atomic mass is 32.1. The van der Waals surface area contributed by atoms with E-state index in [0.717, 1.165) is 27.2 Å². The molecule has 0 unspecified atom stereocenters. The molecular formula is C33H33N7O4S. The molecular weight excluding hydrogens is 590 g/mol. The van der Waals surface area contributed by atoms with E-state index in [4.69, 9.17) is 14.9 Å². The van der Waals surface area contributed by atoms with Crippen molar-refractivity contribution in [3.63, 3.8) is 0 Å². The summed E-state index contributed by atoms with van der Waals surface area (Å²) in [5, 5.41) is 22.2. The molecule has 6 aromatic rings. The fourth-order valence-corrected chi connectivity index (χ4v) is 5.64. The number of imidazole rings is 1. The van der Waals surface area contributed by atoms with Gasteiger partial charge in [-0.1, -0.05) is 49.8 Å². The van der Waals surface area contributed by atoms with Crippen molar-refractivity contribution >= 4 is 50.0 Å². The molecule has 0 aliphatic rings. The quantitative estimate of drug-likeness (QED) is 0.153. The lowest BCUT2D eigenvalue weighted by Crippen LogP contribution is -2.26. The van der Waals surface area contributed by atoms with Crippen molar-refractivity contribution in [1.82, 2.24) is 24.5 Å². The summed E-state index contributed by atoms with van der Waals surface area (Å²) >= 11 is 1.46. The normalized spacial score (nSPS) is 11.6. The summed E-state index contributed by atoms with van der Waals surface area (Å²) in [6.07, 6.45) is 1.67. The van der Waals surface area contributed by atoms with Gasteiger partial charge in [0.25, 0.3) is 5.91 Å². The Kier molecular flexibility index (Phi) is 8.00. The Morgan fingerprint density at radius 1 is 0.956 bits per heavy atom. The van der Waals surface area contributed by atoms with Gasteiger partial charge in [-0.3, -0.25) is 14.5 Å². The van der Waals surface area contributed by atoms with Crippen molar-refractivity contribution in [2.24, 2.45) is 0 Å². The van der Waals surface area contributed by atoms with E-state index in [-0.39, 0.29) is 30.2 Å². The van der Waals surface area contributed by atoms with Crippen LogP contribution >= 0.6 is 11.3 Å². The minimum atomic E-state index is -0.394. The number of hydrogen-bond donors (Lipinski definition) is 4. The smallest absolute Gasteiger partial charge is 0.324 e. The second-order valence-corrected chi connectivity index (χ2v) is 12.6. The van der Waals surface area contributed by atoms with Crippen molar-refractivity contribution in [2.45, 2.75) is 33.1 Å². The van der Waals surface area contributed by atoms with Gasteiger partial charge in [-0.05, 0) is 55.5 Å². The summed E-state index contributed by atoms with van der Waals surface area (Å²) in [5.41, 5.74) is 4.39. The average Bonchev–Trinajstić information content (AvgIpc) is 3.71. The van der Waals surface area contributed by atoms with Crippen LogP contribution in [0.15, 0.2) is 79.0 Å². The number of benzene rings is 3. The van der Waals surface area contributed by atoms with Crippen LogP contribution in [0, 0.1) is 6.92 Å². The van der Waals surface area contributed by atoms with Gasteiger partial charge >= 0.3 is 6.03 Å². The van der Waals surface area contributed by atoms with Crippen molar-refractivity contribution in [1.29, 1.82) is 0 Å². The zero-order valence-corrected chi connectivity index (χ0v) is 26.1. The molecule has 11 nitrogen and oxygen atoms in total. The van der Waals surface area contributed by atoms with Crippen molar-refractivity contribution in [3.8, 4) is 17.2 Å². The van der Waals surface area contributed by atoms with Crippen molar-refractivity contribution in [2.75, 3.05) is 23.8 Å². The number of aliphatic hydroxyl groups excluding tert-OH is 1. The maximum absolute atomic E-state index is 13.0.